The van der Waals surface area contributed by atoms with Crippen molar-refractivity contribution in [1.82, 2.24) is 0 Å². The third kappa shape index (κ3) is 4.43. The highest BCUT2D eigenvalue weighted by molar-refractivity contribution is 5.59. The van der Waals surface area contributed by atoms with Gasteiger partial charge in [0, 0.05) is 24.4 Å². The Morgan fingerprint density at radius 1 is 1.00 bits per heavy atom. The molecule has 134 valence electrons. The molecule has 25 heavy (non-hydrogen) atoms. The topological polar surface area (TPSA) is 12.5 Å². The average molecular weight is 338 g/mol. The quantitative estimate of drug-likeness (QED) is 0.625. The molecular weight excluding hydrogens is 306 g/mol. The Bertz CT molecular complexity index is 665. The SMILES string of the molecule is CC1CC(C)(C)N(CCOCCCc2ccccc2)c2ccccc21. The monoisotopic (exact) mass is 337 g/mol. The summed E-state index contributed by atoms with van der Waals surface area (Å²) < 4.78 is 5.95. The van der Waals surface area contributed by atoms with Crippen LogP contribution in [0.25, 0.3) is 0 Å². The number of para-hydroxylation sites is 1. The van der Waals surface area contributed by atoms with E-state index in [9.17, 15) is 0 Å². The number of hydrogen-bond donors (Lipinski definition) is 0. The van der Waals surface area contributed by atoms with E-state index in [1.165, 1.54) is 23.2 Å². The molecular formula is C23H31NO. The highest BCUT2D eigenvalue weighted by Crippen LogP contribution is 2.42. The molecule has 2 aromatic rings. The van der Waals surface area contributed by atoms with Gasteiger partial charge in [0.25, 0.3) is 0 Å². The van der Waals surface area contributed by atoms with Crippen molar-refractivity contribution in [2.45, 2.75) is 51.5 Å². The van der Waals surface area contributed by atoms with Gasteiger partial charge >= 0.3 is 0 Å². The van der Waals surface area contributed by atoms with E-state index >= 15 is 0 Å². The molecule has 1 atom stereocenters. The van der Waals surface area contributed by atoms with Gasteiger partial charge in [-0.05, 0) is 56.2 Å². The molecule has 0 aliphatic carbocycles. The lowest BCUT2D eigenvalue weighted by molar-refractivity contribution is 0.133. The third-order valence-electron chi connectivity index (χ3n) is 5.35. The second-order valence-corrected chi connectivity index (χ2v) is 7.83. The molecule has 1 unspecified atom stereocenters. The predicted molar refractivity (Wildman–Crippen MR) is 106 cm³/mol. The van der Waals surface area contributed by atoms with E-state index in [1.807, 2.05) is 0 Å². The van der Waals surface area contributed by atoms with Gasteiger partial charge < -0.3 is 9.64 Å². The second kappa shape index (κ2) is 8.05. The van der Waals surface area contributed by atoms with E-state index < -0.39 is 0 Å². The molecule has 0 saturated heterocycles. The molecule has 0 aromatic heterocycles. The average Bonchev–Trinajstić information content (AvgIpc) is 2.60. The first-order valence-corrected chi connectivity index (χ1v) is 9.56. The number of fused-ring (bicyclic) bond motifs is 1. The molecule has 0 amide bonds. The van der Waals surface area contributed by atoms with Crippen molar-refractivity contribution in [3.8, 4) is 0 Å². The third-order valence-corrected chi connectivity index (χ3v) is 5.35. The van der Waals surface area contributed by atoms with E-state index in [1.54, 1.807) is 0 Å². The van der Waals surface area contributed by atoms with Crippen LogP contribution in [0.1, 0.15) is 50.7 Å². The standard InChI is InChI=1S/C23H31NO/c1-19-18-23(2,3)24(22-14-8-7-13-21(19)22)15-17-25-16-9-12-20-10-5-4-6-11-20/h4-8,10-11,13-14,19H,9,12,15-18H2,1-3H3. The van der Waals surface area contributed by atoms with Crippen LogP contribution in [0.3, 0.4) is 0 Å². The maximum atomic E-state index is 5.95. The summed E-state index contributed by atoms with van der Waals surface area (Å²) >= 11 is 0. The number of rotatable bonds is 7. The van der Waals surface area contributed by atoms with Crippen molar-refractivity contribution in [3.63, 3.8) is 0 Å². The first-order valence-electron chi connectivity index (χ1n) is 9.56. The minimum atomic E-state index is 0.182. The minimum absolute atomic E-state index is 0.182. The van der Waals surface area contributed by atoms with Crippen LogP contribution in [-0.2, 0) is 11.2 Å². The number of ether oxygens (including phenoxy) is 1. The zero-order valence-corrected chi connectivity index (χ0v) is 15.9. The summed E-state index contributed by atoms with van der Waals surface area (Å²) in [6.45, 7) is 9.64. The van der Waals surface area contributed by atoms with Gasteiger partial charge in [0.1, 0.15) is 0 Å². The number of aryl methyl sites for hydroxylation is 1. The summed E-state index contributed by atoms with van der Waals surface area (Å²) in [5.74, 6) is 0.620. The summed E-state index contributed by atoms with van der Waals surface area (Å²) in [6.07, 6.45) is 3.37. The fraction of sp³-hybridized carbons (Fsp3) is 0.478. The van der Waals surface area contributed by atoms with Gasteiger partial charge in [-0.15, -0.1) is 0 Å². The van der Waals surface area contributed by atoms with Gasteiger partial charge in [0.15, 0.2) is 0 Å². The van der Waals surface area contributed by atoms with Crippen LogP contribution in [0.5, 0.6) is 0 Å². The predicted octanol–water partition coefficient (Wildman–Crippen LogP) is 5.43. The molecule has 2 heteroatoms. The van der Waals surface area contributed by atoms with Crippen LogP contribution < -0.4 is 4.90 Å². The van der Waals surface area contributed by atoms with Crippen molar-refractivity contribution in [1.29, 1.82) is 0 Å². The molecule has 0 radical (unpaired) electrons. The van der Waals surface area contributed by atoms with Gasteiger partial charge in [-0.1, -0.05) is 55.5 Å². The fourth-order valence-corrected chi connectivity index (χ4v) is 4.15. The molecule has 1 aliphatic rings. The molecule has 2 nitrogen and oxygen atoms in total. The molecule has 1 aliphatic heterocycles. The number of anilines is 1. The first kappa shape index (κ1) is 18.0. The van der Waals surface area contributed by atoms with Crippen LogP contribution in [-0.4, -0.2) is 25.3 Å². The highest BCUT2D eigenvalue weighted by atomic mass is 16.5. The molecule has 0 fully saturated rings. The zero-order chi connectivity index (χ0) is 17.7. The van der Waals surface area contributed by atoms with Crippen molar-refractivity contribution in [3.05, 3.63) is 65.7 Å². The van der Waals surface area contributed by atoms with Gasteiger partial charge in [0.2, 0.25) is 0 Å². The van der Waals surface area contributed by atoms with Crippen LogP contribution in [0.4, 0.5) is 5.69 Å². The molecule has 3 rings (SSSR count). The Balaban J connectivity index is 1.49. The summed E-state index contributed by atoms with van der Waals surface area (Å²) in [6, 6.07) is 19.5. The molecule has 2 aromatic carbocycles. The van der Waals surface area contributed by atoms with Gasteiger partial charge in [0.05, 0.1) is 6.61 Å². The largest absolute Gasteiger partial charge is 0.380 e. The van der Waals surface area contributed by atoms with E-state index in [0.29, 0.717) is 5.92 Å². The number of hydrogen-bond acceptors (Lipinski definition) is 2. The van der Waals surface area contributed by atoms with Crippen LogP contribution in [0.15, 0.2) is 54.6 Å². The highest BCUT2D eigenvalue weighted by Gasteiger charge is 2.35. The maximum Gasteiger partial charge on any atom is 0.0641 e. The first-order chi connectivity index (χ1) is 12.1. The van der Waals surface area contributed by atoms with Crippen molar-refractivity contribution >= 4 is 5.69 Å². The van der Waals surface area contributed by atoms with Crippen molar-refractivity contribution in [2.75, 3.05) is 24.7 Å². The van der Waals surface area contributed by atoms with Crippen LogP contribution >= 0.6 is 0 Å². The Morgan fingerprint density at radius 2 is 1.72 bits per heavy atom. The maximum absolute atomic E-state index is 5.95. The Morgan fingerprint density at radius 3 is 2.52 bits per heavy atom. The lowest BCUT2D eigenvalue weighted by Gasteiger charge is -2.47. The summed E-state index contributed by atoms with van der Waals surface area (Å²) in [7, 11) is 0. The number of nitrogens with zero attached hydrogens (tertiary/aromatic N) is 1. The van der Waals surface area contributed by atoms with E-state index in [2.05, 4.69) is 80.3 Å². The fourth-order valence-electron chi connectivity index (χ4n) is 4.15. The second-order valence-electron chi connectivity index (χ2n) is 7.83. The van der Waals surface area contributed by atoms with Crippen molar-refractivity contribution < 1.29 is 4.74 Å². The molecule has 0 saturated carbocycles. The summed E-state index contributed by atoms with van der Waals surface area (Å²) in [4.78, 5) is 2.54. The number of benzene rings is 2. The van der Waals surface area contributed by atoms with E-state index in [-0.39, 0.29) is 5.54 Å². The zero-order valence-electron chi connectivity index (χ0n) is 15.9. The summed E-state index contributed by atoms with van der Waals surface area (Å²) in [5, 5.41) is 0. The van der Waals surface area contributed by atoms with Crippen LogP contribution in [0, 0.1) is 0 Å². The smallest absolute Gasteiger partial charge is 0.0641 e. The van der Waals surface area contributed by atoms with Gasteiger partial charge in [-0.3, -0.25) is 0 Å². The normalized spacial score (nSPS) is 18.8. The molecule has 0 spiro atoms. The van der Waals surface area contributed by atoms with E-state index in [4.69, 9.17) is 4.74 Å². The molecule has 1 heterocycles. The Kier molecular flexibility index (Phi) is 5.80. The molecule has 0 N–H and O–H groups in total. The minimum Gasteiger partial charge on any atom is -0.380 e. The van der Waals surface area contributed by atoms with Crippen molar-refractivity contribution in [2.24, 2.45) is 0 Å². The lowest BCUT2D eigenvalue weighted by Crippen LogP contribution is -2.49. The Labute approximate surface area is 152 Å². The summed E-state index contributed by atoms with van der Waals surface area (Å²) in [5.41, 5.74) is 4.44. The Hall–Kier alpha value is -1.80. The lowest BCUT2D eigenvalue weighted by atomic mass is 9.80. The van der Waals surface area contributed by atoms with Gasteiger partial charge in [-0.2, -0.15) is 0 Å². The van der Waals surface area contributed by atoms with Gasteiger partial charge in [-0.25, -0.2) is 0 Å². The van der Waals surface area contributed by atoms with E-state index in [0.717, 1.165) is 32.6 Å². The molecule has 0 bridgehead atoms. The van der Waals surface area contributed by atoms with Crippen LogP contribution in [0.2, 0.25) is 0 Å².